The number of hydrogen-bond acceptors (Lipinski definition) is 2. The van der Waals surface area contributed by atoms with E-state index in [2.05, 4.69) is 40.6 Å². The molecule has 0 aliphatic rings. The molecule has 120 valence electrons. The van der Waals surface area contributed by atoms with E-state index >= 15 is 0 Å². The average molecular weight is 413 g/mol. The Morgan fingerprint density at radius 1 is 1.32 bits per heavy atom. The van der Waals surface area contributed by atoms with E-state index in [1.165, 1.54) is 5.56 Å². The average Bonchev–Trinajstić information content (AvgIpc) is 2.85. The van der Waals surface area contributed by atoms with Gasteiger partial charge in [-0.15, -0.1) is 24.0 Å². The number of nitrogens with two attached hydrogens (primary N) is 1. The van der Waals surface area contributed by atoms with Gasteiger partial charge >= 0.3 is 0 Å². The zero-order valence-corrected chi connectivity index (χ0v) is 15.6. The van der Waals surface area contributed by atoms with Gasteiger partial charge in [-0.05, 0) is 25.0 Å². The standard InChI is InChI=1S/C16H23N5.HI/c1-12(2)11-21-9-8-18-15(21)10-19-16(17)20-14-6-4-13(3)5-7-14;/h4-9,12H,10-11H2,1-3H3,(H3,17,19,20);1H. The van der Waals surface area contributed by atoms with Crippen molar-refractivity contribution in [3.8, 4) is 0 Å². The maximum Gasteiger partial charge on any atom is 0.193 e. The summed E-state index contributed by atoms with van der Waals surface area (Å²) in [6.07, 6.45) is 3.78. The van der Waals surface area contributed by atoms with Gasteiger partial charge in [-0.3, -0.25) is 0 Å². The molecule has 1 heterocycles. The van der Waals surface area contributed by atoms with Crippen LogP contribution in [-0.2, 0) is 13.1 Å². The van der Waals surface area contributed by atoms with Crippen molar-refractivity contribution in [1.82, 2.24) is 9.55 Å². The fourth-order valence-electron chi connectivity index (χ4n) is 2.03. The Bertz CT molecular complexity index is 601. The van der Waals surface area contributed by atoms with E-state index in [0.717, 1.165) is 18.1 Å². The molecule has 5 nitrogen and oxygen atoms in total. The second-order valence-corrected chi connectivity index (χ2v) is 5.58. The number of imidazole rings is 1. The molecule has 22 heavy (non-hydrogen) atoms. The van der Waals surface area contributed by atoms with Crippen molar-refractivity contribution < 1.29 is 0 Å². The number of guanidine groups is 1. The normalized spacial score (nSPS) is 11.4. The van der Waals surface area contributed by atoms with Crippen molar-refractivity contribution in [2.45, 2.75) is 33.9 Å². The molecule has 0 atom stereocenters. The van der Waals surface area contributed by atoms with Gasteiger partial charge in [0.25, 0.3) is 0 Å². The van der Waals surface area contributed by atoms with Crippen LogP contribution >= 0.6 is 24.0 Å². The quantitative estimate of drug-likeness (QED) is 0.449. The molecule has 2 aromatic rings. The highest BCUT2D eigenvalue weighted by Gasteiger charge is 2.04. The van der Waals surface area contributed by atoms with Gasteiger partial charge in [0.15, 0.2) is 5.96 Å². The molecule has 0 amide bonds. The fraction of sp³-hybridized carbons (Fsp3) is 0.375. The highest BCUT2D eigenvalue weighted by atomic mass is 127. The largest absolute Gasteiger partial charge is 0.370 e. The zero-order valence-electron chi connectivity index (χ0n) is 13.3. The van der Waals surface area contributed by atoms with Crippen LogP contribution in [0.3, 0.4) is 0 Å². The zero-order chi connectivity index (χ0) is 15.2. The Morgan fingerprint density at radius 2 is 2.00 bits per heavy atom. The molecule has 6 heteroatoms. The van der Waals surface area contributed by atoms with Crippen molar-refractivity contribution in [3.63, 3.8) is 0 Å². The van der Waals surface area contributed by atoms with Crippen LogP contribution in [0.4, 0.5) is 5.69 Å². The minimum Gasteiger partial charge on any atom is -0.370 e. The Hall–Kier alpha value is -1.57. The molecule has 0 bridgehead atoms. The van der Waals surface area contributed by atoms with Crippen molar-refractivity contribution in [2.24, 2.45) is 16.6 Å². The maximum absolute atomic E-state index is 5.91. The summed E-state index contributed by atoms with van der Waals surface area (Å²) in [5.41, 5.74) is 8.07. The van der Waals surface area contributed by atoms with Crippen LogP contribution in [-0.4, -0.2) is 15.5 Å². The summed E-state index contributed by atoms with van der Waals surface area (Å²) < 4.78 is 2.12. The van der Waals surface area contributed by atoms with Crippen molar-refractivity contribution in [2.75, 3.05) is 5.32 Å². The van der Waals surface area contributed by atoms with Crippen LogP contribution < -0.4 is 11.1 Å². The van der Waals surface area contributed by atoms with E-state index in [4.69, 9.17) is 5.73 Å². The Morgan fingerprint density at radius 3 is 2.64 bits per heavy atom. The smallest absolute Gasteiger partial charge is 0.193 e. The Labute approximate surface area is 149 Å². The highest BCUT2D eigenvalue weighted by Crippen LogP contribution is 2.08. The van der Waals surface area contributed by atoms with Crippen molar-refractivity contribution >= 4 is 35.6 Å². The summed E-state index contributed by atoms with van der Waals surface area (Å²) in [5, 5.41) is 3.08. The molecule has 1 aromatic carbocycles. The van der Waals surface area contributed by atoms with Crippen molar-refractivity contribution in [1.29, 1.82) is 0 Å². The third-order valence-corrected chi connectivity index (χ3v) is 3.08. The molecule has 0 spiro atoms. The summed E-state index contributed by atoms with van der Waals surface area (Å²) in [5.74, 6) is 1.90. The number of nitrogens with zero attached hydrogens (tertiary/aromatic N) is 3. The topological polar surface area (TPSA) is 68.2 Å². The summed E-state index contributed by atoms with van der Waals surface area (Å²) >= 11 is 0. The minimum absolute atomic E-state index is 0. The number of nitrogens with one attached hydrogen (secondary N) is 1. The molecule has 0 saturated carbocycles. The van der Waals surface area contributed by atoms with Crippen LogP contribution in [0.5, 0.6) is 0 Å². The number of aliphatic imine (C=N–C) groups is 1. The first-order valence-corrected chi connectivity index (χ1v) is 7.18. The van der Waals surface area contributed by atoms with Crippen LogP contribution in [0.1, 0.15) is 25.2 Å². The molecule has 0 radical (unpaired) electrons. The van der Waals surface area contributed by atoms with Crippen LogP contribution in [0, 0.1) is 12.8 Å². The number of rotatable bonds is 5. The van der Waals surface area contributed by atoms with E-state index in [1.807, 2.05) is 30.5 Å². The highest BCUT2D eigenvalue weighted by molar-refractivity contribution is 14.0. The second-order valence-electron chi connectivity index (χ2n) is 5.58. The molecule has 1 aromatic heterocycles. The molecule has 2 rings (SSSR count). The van der Waals surface area contributed by atoms with Gasteiger partial charge in [-0.1, -0.05) is 31.5 Å². The van der Waals surface area contributed by atoms with E-state index < -0.39 is 0 Å². The molecule has 0 saturated heterocycles. The van der Waals surface area contributed by atoms with E-state index in [9.17, 15) is 0 Å². The molecule has 3 N–H and O–H groups in total. The number of aryl methyl sites for hydroxylation is 1. The number of benzene rings is 1. The fourth-order valence-corrected chi connectivity index (χ4v) is 2.03. The molecular formula is C16H24IN5. The van der Waals surface area contributed by atoms with Crippen molar-refractivity contribution in [3.05, 3.63) is 48.0 Å². The maximum atomic E-state index is 5.91. The van der Waals surface area contributed by atoms with Crippen LogP contribution in [0.2, 0.25) is 0 Å². The number of aromatic nitrogens is 2. The third kappa shape index (κ3) is 5.67. The van der Waals surface area contributed by atoms with Gasteiger partial charge in [0.1, 0.15) is 12.4 Å². The number of hydrogen-bond donors (Lipinski definition) is 2. The van der Waals surface area contributed by atoms with Gasteiger partial charge in [-0.2, -0.15) is 0 Å². The second kappa shape index (κ2) is 8.77. The Kier molecular flexibility index (Phi) is 7.37. The lowest BCUT2D eigenvalue weighted by molar-refractivity contribution is 0.507. The molecular weight excluding hydrogens is 389 g/mol. The summed E-state index contributed by atoms with van der Waals surface area (Å²) in [6, 6.07) is 8.03. The lowest BCUT2D eigenvalue weighted by atomic mass is 10.2. The number of halogens is 1. The molecule has 0 aliphatic heterocycles. The Balaban J connectivity index is 0.00000242. The van der Waals surface area contributed by atoms with Gasteiger partial charge in [-0.25, -0.2) is 9.98 Å². The van der Waals surface area contributed by atoms with Crippen LogP contribution in [0.25, 0.3) is 0 Å². The van der Waals surface area contributed by atoms with Gasteiger partial charge < -0.3 is 15.6 Å². The molecule has 0 unspecified atom stereocenters. The SMILES string of the molecule is Cc1ccc(NC(N)=NCc2nccn2CC(C)C)cc1.I. The van der Waals surface area contributed by atoms with Gasteiger partial charge in [0, 0.05) is 24.6 Å². The van der Waals surface area contributed by atoms with E-state index in [1.54, 1.807) is 6.20 Å². The van der Waals surface area contributed by atoms with Gasteiger partial charge in [0.2, 0.25) is 0 Å². The van der Waals surface area contributed by atoms with Crippen LogP contribution in [0.15, 0.2) is 41.7 Å². The monoisotopic (exact) mass is 413 g/mol. The first-order valence-electron chi connectivity index (χ1n) is 7.18. The summed E-state index contributed by atoms with van der Waals surface area (Å²) in [6.45, 7) is 7.83. The van der Waals surface area contributed by atoms with E-state index in [0.29, 0.717) is 18.4 Å². The lowest BCUT2D eigenvalue weighted by Crippen LogP contribution is -2.23. The minimum atomic E-state index is 0. The third-order valence-electron chi connectivity index (χ3n) is 3.08. The van der Waals surface area contributed by atoms with Gasteiger partial charge in [0.05, 0.1) is 0 Å². The first kappa shape index (κ1) is 18.5. The summed E-state index contributed by atoms with van der Waals surface area (Å²) in [4.78, 5) is 8.68. The predicted molar refractivity (Wildman–Crippen MR) is 103 cm³/mol. The molecule has 0 fully saturated rings. The molecule has 0 aliphatic carbocycles. The lowest BCUT2D eigenvalue weighted by Gasteiger charge is -2.09. The van der Waals surface area contributed by atoms with E-state index in [-0.39, 0.29) is 24.0 Å². The predicted octanol–water partition coefficient (Wildman–Crippen LogP) is 3.39. The summed E-state index contributed by atoms with van der Waals surface area (Å²) in [7, 11) is 0. The first-order chi connectivity index (χ1) is 10.0. The number of anilines is 1.